The number of fused-ring (bicyclic) bond motifs is 1. The zero-order chi connectivity index (χ0) is 17.6. The summed E-state index contributed by atoms with van der Waals surface area (Å²) in [5, 5.41) is 10.0. The highest BCUT2D eigenvalue weighted by molar-refractivity contribution is 5.41. The molecular weight excluding hydrogens is 317 g/mol. The number of nitrogens with zero attached hydrogens (tertiary/aromatic N) is 1. The van der Waals surface area contributed by atoms with E-state index in [-0.39, 0.29) is 5.82 Å². The average molecular weight is 343 g/mol. The van der Waals surface area contributed by atoms with Crippen LogP contribution in [0.15, 0.2) is 42.5 Å². The summed E-state index contributed by atoms with van der Waals surface area (Å²) >= 11 is 0. The first kappa shape index (κ1) is 17.7. The van der Waals surface area contributed by atoms with Crippen molar-refractivity contribution in [3.63, 3.8) is 0 Å². The maximum absolute atomic E-state index is 13.2. The van der Waals surface area contributed by atoms with E-state index in [1.165, 1.54) is 17.7 Å². The molecule has 134 valence electrons. The van der Waals surface area contributed by atoms with Crippen molar-refractivity contribution in [3.8, 4) is 11.5 Å². The number of halogens is 1. The van der Waals surface area contributed by atoms with Gasteiger partial charge in [0.1, 0.15) is 23.9 Å². The summed E-state index contributed by atoms with van der Waals surface area (Å²) in [6.07, 6.45) is 4.01. The molecule has 0 bridgehead atoms. The van der Waals surface area contributed by atoms with E-state index in [2.05, 4.69) is 17.9 Å². The van der Waals surface area contributed by atoms with Crippen LogP contribution in [0.3, 0.4) is 0 Å². The van der Waals surface area contributed by atoms with Crippen LogP contribution < -0.4 is 4.74 Å². The third-order valence-corrected chi connectivity index (χ3v) is 4.90. The number of hydrogen-bond acceptors (Lipinski definition) is 3. The molecular formula is C21H26FNO2. The van der Waals surface area contributed by atoms with Crippen molar-refractivity contribution in [2.24, 2.45) is 0 Å². The van der Waals surface area contributed by atoms with Gasteiger partial charge in [-0.25, -0.2) is 4.39 Å². The number of hydrogen-bond donors (Lipinski definition) is 1. The predicted molar refractivity (Wildman–Crippen MR) is 97.7 cm³/mol. The molecule has 2 aromatic carbocycles. The average Bonchev–Trinajstić information content (AvgIpc) is 2.61. The second-order valence-electron chi connectivity index (χ2n) is 6.65. The standard InChI is InChI=1S/C21H26FNO2/c1-2-11-23(12-13-25-19-7-4-6-17(22)15-19)18-9-10-20-16(14-18)5-3-8-21(20)24/h3-8,15,18,24H,2,9-14H2,1H3. The highest BCUT2D eigenvalue weighted by atomic mass is 19.1. The van der Waals surface area contributed by atoms with Gasteiger partial charge in [-0.05, 0) is 61.6 Å². The van der Waals surface area contributed by atoms with Gasteiger partial charge in [0.15, 0.2) is 0 Å². The Morgan fingerprint density at radius 3 is 2.84 bits per heavy atom. The maximum Gasteiger partial charge on any atom is 0.126 e. The van der Waals surface area contributed by atoms with Crippen molar-refractivity contribution in [2.45, 2.75) is 38.6 Å². The second-order valence-corrected chi connectivity index (χ2v) is 6.65. The molecule has 0 heterocycles. The molecule has 0 aromatic heterocycles. The fourth-order valence-electron chi connectivity index (χ4n) is 3.68. The van der Waals surface area contributed by atoms with E-state index in [1.807, 2.05) is 6.07 Å². The van der Waals surface area contributed by atoms with E-state index in [9.17, 15) is 9.50 Å². The monoisotopic (exact) mass is 343 g/mol. The maximum atomic E-state index is 13.2. The quantitative estimate of drug-likeness (QED) is 0.819. The minimum Gasteiger partial charge on any atom is -0.508 e. The van der Waals surface area contributed by atoms with Crippen molar-refractivity contribution < 1.29 is 14.2 Å². The lowest BCUT2D eigenvalue weighted by atomic mass is 9.87. The molecule has 2 aromatic rings. The number of phenols is 1. The third-order valence-electron chi connectivity index (χ3n) is 4.90. The van der Waals surface area contributed by atoms with Crippen LogP contribution in [-0.2, 0) is 12.8 Å². The molecule has 3 rings (SSSR count). The third kappa shape index (κ3) is 4.51. The van der Waals surface area contributed by atoms with Gasteiger partial charge in [0.25, 0.3) is 0 Å². The molecule has 3 nitrogen and oxygen atoms in total. The summed E-state index contributed by atoms with van der Waals surface area (Å²) in [6.45, 7) is 4.57. The lowest BCUT2D eigenvalue weighted by molar-refractivity contribution is 0.147. The Bertz CT molecular complexity index is 704. The van der Waals surface area contributed by atoms with Crippen molar-refractivity contribution in [3.05, 3.63) is 59.4 Å². The fourth-order valence-corrected chi connectivity index (χ4v) is 3.68. The van der Waals surface area contributed by atoms with Gasteiger partial charge < -0.3 is 9.84 Å². The van der Waals surface area contributed by atoms with Crippen LogP contribution >= 0.6 is 0 Å². The topological polar surface area (TPSA) is 32.7 Å². The molecule has 0 fully saturated rings. The lowest BCUT2D eigenvalue weighted by Crippen LogP contribution is -2.42. The van der Waals surface area contributed by atoms with Gasteiger partial charge in [-0.1, -0.05) is 25.1 Å². The van der Waals surface area contributed by atoms with E-state index in [0.717, 1.165) is 44.3 Å². The summed E-state index contributed by atoms with van der Waals surface area (Å²) < 4.78 is 18.9. The fraction of sp³-hybridized carbons (Fsp3) is 0.429. The number of benzene rings is 2. The number of rotatable bonds is 7. The Labute approximate surface area is 149 Å². The Morgan fingerprint density at radius 2 is 2.04 bits per heavy atom. The van der Waals surface area contributed by atoms with E-state index in [1.54, 1.807) is 18.2 Å². The van der Waals surface area contributed by atoms with Crippen LogP contribution in [0, 0.1) is 5.82 Å². The summed E-state index contributed by atoms with van der Waals surface area (Å²) in [7, 11) is 0. The predicted octanol–water partition coefficient (Wildman–Crippen LogP) is 4.18. The number of phenolic OH excluding ortho intramolecular Hbond substituents is 1. The highest BCUT2D eigenvalue weighted by Gasteiger charge is 2.25. The molecule has 0 saturated heterocycles. The van der Waals surface area contributed by atoms with Gasteiger partial charge in [-0.15, -0.1) is 0 Å². The smallest absolute Gasteiger partial charge is 0.126 e. The molecule has 1 aliphatic rings. The first-order valence-electron chi connectivity index (χ1n) is 9.09. The summed E-state index contributed by atoms with van der Waals surface area (Å²) in [5.74, 6) is 0.731. The number of aromatic hydroxyl groups is 1. The minimum absolute atomic E-state index is 0.272. The van der Waals surface area contributed by atoms with Crippen LogP contribution in [-0.4, -0.2) is 35.7 Å². The van der Waals surface area contributed by atoms with E-state index in [0.29, 0.717) is 24.1 Å². The Balaban J connectivity index is 1.59. The Kier molecular flexibility index (Phi) is 5.92. The van der Waals surface area contributed by atoms with Crippen LogP contribution in [0.25, 0.3) is 0 Å². The Hall–Kier alpha value is -2.07. The van der Waals surface area contributed by atoms with Crippen LogP contribution in [0.5, 0.6) is 11.5 Å². The summed E-state index contributed by atoms with van der Waals surface area (Å²) in [5.41, 5.74) is 2.36. The molecule has 0 saturated carbocycles. The van der Waals surface area contributed by atoms with Gasteiger partial charge >= 0.3 is 0 Å². The lowest BCUT2D eigenvalue weighted by Gasteiger charge is -2.35. The summed E-state index contributed by atoms with van der Waals surface area (Å²) in [6, 6.07) is 12.6. The van der Waals surface area contributed by atoms with Crippen molar-refractivity contribution in [1.82, 2.24) is 4.90 Å². The first-order valence-corrected chi connectivity index (χ1v) is 9.09. The highest BCUT2D eigenvalue weighted by Crippen LogP contribution is 2.30. The zero-order valence-corrected chi connectivity index (χ0v) is 14.7. The molecule has 4 heteroatoms. The number of ether oxygens (including phenoxy) is 1. The van der Waals surface area contributed by atoms with E-state index >= 15 is 0 Å². The van der Waals surface area contributed by atoms with Gasteiger partial charge in [0.2, 0.25) is 0 Å². The molecule has 1 unspecified atom stereocenters. The first-order chi connectivity index (χ1) is 12.2. The molecule has 0 amide bonds. The molecule has 1 N–H and O–H groups in total. The molecule has 25 heavy (non-hydrogen) atoms. The van der Waals surface area contributed by atoms with Gasteiger partial charge in [0, 0.05) is 18.7 Å². The van der Waals surface area contributed by atoms with Crippen molar-refractivity contribution in [1.29, 1.82) is 0 Å². The van der Waals surface area contributed by atoms with Crippen LogP contribution in [0.1, 0.15) is 30.9 Å². The van der Waals surface area contributed by atoms with Crippen molar-refractivity contribution in [2.75, 3.05) is 19.7 Å². The Morgan fingerprint density at radius 1 is 1.20 bits per heavy atom. The molecule has 0 aliphatic heterocycles. The minimum atomic E-state index is -0.272. The van der Waals surface area contributed by atoms with E-state index < -0.39 is 0 Å². The largest absolute Gasteiger partial charge is 0.508 e. The molecule has 0 radical (unpaired) electrons. The SMILES string of the molecule is CCCN(CCOc1cccc(F)c1)C1CCc2c(O)cccc2C1. The normalized spacial score (nSPS) is 16.7. The van der Waals surface area contributed by atoms with Crippen LogP contribution in [0.4, 0.5) is 4.39 Å². The summed E-state index contributed by atoms with van der Waals surface area (Å²) in [4.78, 5) is 2.46. The zero-order valence-electron chi connectivity index (χ0n) is 14.7. The van der Waals surface area contributed by atoms with Gasteiger partial charge in [-0.2, -0.15) is 0 Å². The molecule has 1 atom stereocenters. The van der Waals surface area contributed by atoms with Crippen LogP contribution in [0.2, 0.25) is 0 Å². The van der Waals surface area contributed by atoms with Gasteiger partial charge in [0.05, 0.1) is 0 Å². The van der Waals surface area contributed by atoms with Gasteiger partial charge in [-0.3, -0.25) is 4.90 Å². The second kappa shape index (κ2) is 8.34. The van der Waals surface area contributed by atoms with Crippen molar-refractivity contribution >= 4 is 0 Å². The molecule has 0 spiro atoms. The molecule has 1 aliphatic carbocycles. The van der Waals surface area contributed by atoms with E-state index in [4.69, 9.17) is 4.74 Å².